The molecule has 6 heteroatoms. The minimum Gasteiger partial charge on any atom is -0.352 e. The number of fused-ring (bicyclic) bond motifs is 1. The summed E-state index contributed by atoms with van der Waals surface area (Å²) in [6.07, 6.45) is 4.09. The van der Waals surface area contributed by atoms with E-state index in [4.69, 9.17) is 0 Å². The van der Waals surface area contributed by atoms with Gasteiger partial charge in [0.15, 0.2) is 0 Å². The molecule has 2 aliphatic heterocycles. The lowest BCUT2D eigenvalue weighted by atomic mass is 9.91. The maximum absolute atomic E-state index is 13.5. The number of nitrogens with one attached hydrogen (secondary N) is 1. The summed E-state index contributed by atoms with van der Waals surface area (Å²) in [5.74, 6) is 0.356. The van der Waals surface area contributed by atoms with Gasteiger partial charge in [0, 0.05) is 44.9 Å². The Morgan fingerprint density at radius 2 is 1.90 bits per heavy atom. The summed E-state index contributed by atoms with van der Waals surface area (Å²) in [6, 6.07) is 7.62. The summed E-state index contributed by atoms with van der Waals surface area (Å²) in [6.45, 7) is 7.74. The van der Waals surface area contributed by atoms with E-state index < -0.39 is 6.04 Å². The van der Waals surface area contributed by atoms with Gasteiger partial charge in [0.1, 0.15) is 6.04 Å². The highest BCUT2D eigenvalue weighted by molar-refractivity contribution is 5.89. The van der Waals surface area contributed by atoms with Gasteiger partial charge in [0.2, 0.25) is 17.7 Å². The van der Waals surface area contributed by atoms with Crippen LogP contribution in [0.15, 0.2) is 24.3 Å². The van der Waals surface area contributed by atoms with Crippen LogP contribution in [0.25, 0.3) is 0 Å². The molecule has 30 heavy (non-hydrogen) atoms. The van der Waals surface area contributed by atoms with Crippen molar-refractivity contribution in [1.29, 1.82) is 0 Å². The van der Waals surface area contributed by atoms with Gasteiger partial charge in [-0.2, -0.15) is 0 Å². The van der Waals surface area contributed by atoms with Crippen LogP contribution in [0, 0.1) is 5.92 Å². The molecule has 2 atom stereocenters. The maximum Gasteiger partial charge on any atom is 0.245 e. The van der Waals surface area contributed by atoms with E-state index in [1.807, 2.05) is 43.9 Å². The zero-order valence-electron chi connectivity index (χ0n) is 18.5. The molecule has 0 aliphatic carbocycles. The molecule has 164 valence electrons. The van der Waals surface area contributed by atoms with Gasteiger partial charge in [-0.1, -0.05) is 45.0 Å². The monoisotopic (exact) mass is 413 g/mol. The predicted molar refractivity (Wildman–Crippen MR) is 117 cm³/mol. The SMILES string of the molecule is CCCC(=O)NC1CCCN(C(=O)C2Cc3ccccc3CN2C(=O)CC(C)C)C1. The molecular weight excluding hydrogens is 378 g/mol. The van der Waals surface area contributed by atoms with E-state index in [-0.39, 0.29) is 29.7 Å². The van der Waals surface area contributed by atoms with Crippen LogP contribution in [0.1, 0.15) is 64.0 Å². The molecule has 0 saturated carbocycles. The molecule has 0 radical (unpaired) electrons. The van der Waals surface area contributed by atoms with E-state index >= 15 is 0 Å². The van der Waals surface area contributed by atoms with Crippen molar-refractivity contribution in [2.45, 2.75) is 77.9 Å². The van der Waals surface area contributed by atoms with Crippen LogP contribution in [0.4, 0.5) is 0 Å². The summed E-state index contributed by atoms with van der Waals surface area (Å²) in [4.78, 5) is 42.2. The van der Waals surface area contributed by atoms with Gasteiger partial charge in [-0.15, -0.1) is 0 Å². The number of carbonyl (C=O) groups is 3. The van der Waals surface area contributed by atoms with Crippen molar-refractivity contribution in [2.75, 3.05) is 13.1 Å². The number of nitrogens with zero attached hydrogens (tertiary/aromatic N) is 2. The van der Waals surface area contributed by atoms with Crippen LogP contribution in [0.2, 0.25) is 0 Å². The summed E-state index contributed by atoms with van der Waals surface area (Å²) < 4.78 is 0. The third-order valence-corrected chi connectivity index (χ3v) is 6.01. The first kappa shape index (κ1) is 22.3. The standard InChI is InChI=1S/C24H35N3O3/c1-4-8-22(28)25-20-11-7-12-26(16-20)24(30)21-14-18-9-5-6-10-19(18)15-27(21)23(29)13-17(2)3/h5-6,9-10,17,20-21H,4,7-8,11-16H2,1-3H3,(H,25,28). The second-order valence-corrected chi connectivity index (χ2v) is 9.05. The van der Waals surface area contributed by atoms with Crippen LogP contribution in [-0.4, -0.2) is 52.7 Å². The van der Waals surface area contributed by atoms with Crippen molar-refractivity contribution in [3.8, 4) is 0 Å². The molecule has 1 N–H and O–H groups in total. The quantitative estimate of drug-likeness (QED) is 0.780. The predicted octanol–water partition coefficient (Wildman–Crippen LogP) is 2.89. The average molecular weight is 414 g/mol. The molecule has 3 rings (SSSR count). The highest BCUT2D eigenvalue weighted by Crippen LogP contribution is 2.27. The van der Waals surface area contributed by atoms with Crippen molar-refractivity contribution in [1.82, 2.24) is 15.1 Å². The minimum absolute atomic E-state index is 0.00237. The second-order valence-electron chi connectivity index (χ2n) is 9.05. The molecule has 1 fully saturated rings. The number of likely N-dealkylation sites (tertiary alicyclic amines) is 1. The van der Waals surface area contributed by atoms with Crippen molar-refractivity contribution in [2.24, 2.45) is 5.92 Å². The molecule has 6 nitrogen and oxygen atoms in total. The number of hydrogen-bond acceptors (Lipinski definition) is 3. The Hall–Kier alpha value is -2.37. The van der Waals surface area contributed by atoms with Crippen LogP contribution >= 0.6 is 0 Å². The first-order chi connectivity index (χ1) is 14.4. The van der Waals surface area contributed by atoms with Crippen molar-refractivity contribution in [3.63, 3.8) is 0 Å². The fraction of sp³-hybridized carbons (Fsp3) is 0.625. The fourth-order valence-corrected chi connectivity index (χ4v) is 4.50. The number of rotatable bonds is 6. The van der Waals surface area contributed by atoms with Gasteiger partial charge in [-0.25, -0.2) is 0 Å². The third kappa shape index (κ3) is 5.41. The molecule has 0 spiro atoms. The average Bonchev–Trinajstić information content (AvgIpc) is 2.72. The lowest BCUT2D eigenvalue weighted by molar-refractivity contribution is -0.148. The van der Waals surface area contributed by atoms with Crippen LogP contribution in [0.3, 0.4) is 0 Å². The number of piperidine rings is 1. The Balaban J connectivity index is 1.75. The molecule has 0 aromatic heterocycles. The van der Waals surface area contributed by atoms with E-state index in [1.165, 1.54) is 0 Å². The highest BCUT2D eigenvalue weighted by Gasteiger charge is 2.38. The van der Waals surface area contributed by atoms with Gasteiger partial charge >= 0.3 is 0 Å². The fourth-order valence-electron chi connectivity index (χ4n) is 4.50. The number of hydrogen-bond donors (Lipinski definition) is 1. The molecular formula is C24H35N3O3. The summed E-state index contributed by atoms with van der Waals surface area (Å²) in [5, 5.41) is 3.07. The van der Waals surface area contributed by atoms with Crippen LogP contribution in [-0.2, 0) is 27.3 Å². The smallest absolute Gasteiger partial charge is 0.245 e. The molecule has 2 heterocycles. The van der Waals surface area contributed by atoms with E-state index in [0.717, 1.165) is 30.4 Å². The van der Waals surface area contributed by atoms with Gasteiger partial charge in [-0.05, 0) is 36.3 Å². The normalized spacial score (nSPS) is 21.3. The van der Waals surface area contributed by atoms with Gasteiger partial charge < -0.3 is 15.1 Å². The molecule has 1 aromatic carbocycles. The summed E-state index contributed by atoms with van der Waals surface area (Å²) in [7, 11) is 0. The van der Waals surface area contributed by atoms with Crippen LogP contribution in [0.5, 0.6) is 0 Å². The topological polar surface area (TPSA) is 69.7 Å². The Labute approximate surface area is 180 Å². The third-order valence-electron chi connectivity index (χ3n) is 6.01. The van der Waals surface area contributed by atoms with E-state index in [1.54, 1.807) is 4.90 Å². The first-order valence-corrected chi connectivity index (χ1v) is 11.3. The Bertz CT molecular complexity index is 777. The van der Waals surface area contributed by atoms with E-state index in [2.05, 4.69) is 11.4 Å². The number of carbonyl (C=O) groups excluding carboxylic acids is 3. The van der Waals surface area contributed by atoms with E-state index in [0.29, 0.717) is 38.9 Å². The lowest BCUT2D eigenvalue weighted by Crippen LogP contribution is -2.57. The first-order valence-electron chi connectivity index (χ1n) is 11.3. The van der Waals surface area contributed by atoms with Crippen LogP contribution < -0.4 is 5.32 Å². The minimum atomic E-state index is -0.462. The second kappa shape index (κ2) is 10.1. The zero-order chi connectivity index (χ0) is 21.7. The van der Waals surface area contributed by atoms with Gasteiger partial charge in [-0.3, -0.25) is 14.4 Å². The molecule has 3 amide bonds. The molecule has 2 unspecified atom stereocenters. The molecule has 1 saturated heterocycles. The maximum atomic E-state index is 13.5. The van der Waals surface area contributed by atoms with Crippen molar-refractivity contribution in [3.05, 3.63) is 35.4 Å². The highest BCUT2D eigenvalue weighted by atomic mass is 16.2. The molecule has 2 aliphatic rings. The largest absolute Gasteiger partial charge is 0.352 e. The molecule has 1 aromatic rings. The number of amides is 3. The zero-order valence-corrected chi connectivity index (χ0v) is 18.5. The Morgan fingerprint density at radius 1 is 1.17 bits per heavy atom. The van der Waals surface area contributed by atoms with Gasteiger partial charge in [0.05, 0.1) is 0 Å². The van der Waals surface area contributed by atoms with Crippen molar-refractivity contribution >= 4 is 17.7 Å². The summed E-state index contributed by atoms with van der Waals surface area (Å²) >= 11 is 0. The van der Waals surface area contributed by atoms with E-state index in [9.17, 15) is 14.4 Å². The summed E-state index contributed by atoms with van der Waals surface area (Å²) in [5.41, 5.74) is 2.27. The Morgan fingerprint density at radius 3 is 2.60 bits per heavy atom. The lowest BCUT2D eigenvalue weighted by Gasteiger charge is -2.41. The van der Waals surface area contributed by atoms with Crippen molar-refractivity contribution < 1.29 is 14.4 Å². The van der Waals surface area contributed by atoms with Gasteiger partial charge in [0.25, 0.3) is 0 Å². The molecule has 0 bridgehead atoms. The Kier molecular flexibility index (Phi) is 7.51. The number of benzene rings is 1.